The Morgan fingerprint density at radius 3 is 2.50 bits per heavy atom. The highest BCUT2D eigenvalue weighted by atomic mass is 32.2. The van der Waals surface area contributed by atoms with Gasteiger partial charge < -0.3 is 15.4 Å². The normalized spacial score (nSPS) is 27.6. The third-order valence-corrected chi connectivity index (χ3v) is 7.33. The van der Waals surface area contributed by atoms with Crippen LogP contribution >= 0.6 is 23.5 Å². The van der Waals surface area contributed by atoms with Crippen molar-refractivity contribution in [1.82, 2.24) is 4.90 Å². The van der Waals surface area contributed by atoms with E-state index in [1.54, 1.807) is 4.90 Å². The number of likely N-dealkylation sites (tertiary alicyclic amines) is 1. The first-order valence-corrected chi connectivity index (χ1v) is 9.05. The van der Waals surface area contributed by atoms with Crippen LogP contribution < -0.4 is 5.73 Å². The second-order valence-electron chi connectivity index (χ2n) is 6.68. The maximum atomic E-state index is 12.6. The van der Waals surface area contributed by atoms with Crippen LogP contribution in [-0.2, 0) is 9.59 Å². The van der Waals surface area contributed by atoms with Crippen LogP contribution in [0.15, 0.2) is 0 Å². The summed E-state index contributed by atoms with van der Waals surface area (Å²) in [6, 6.07) is -0.868. The second-order valence-corrected chi connectivity index (χ2v) is 9.89. The molecular weight excluding hydrogens is 292 g/mol. The van der Waals surface area contributed by atoms with Crippen LogP contribution in [0.1, 0.15) is 33.6 Å². The van der Waals surface area contributed by atoms with Crippen molar-refractivity contribution in [2.45, 2.75) is 49.8 Å². The van der Waals surface area contributed by atoms with Gasteiger partial charge in [0.05, 0.1) is 16.2 Å². The molecule has 2 saturated heterocycles. The topological polar surface area (TPSA) is 63.4 Å². The van der Waals surface area contributed by atoms with E-state index in [1.807, 2.05) is 44.3 Å². The first kappa shape index (κ1) is 16.2. The minimum absolute atomic E-state index is 0.0110. The molecule has 0 aromatic rings. The number of rotatable bonds is 2. The van der Waals surface area contributed by atoms with Crippen molar-refractivity contribution >= 4 is 35.7 Å². The lowest BCUT2D eigenvalue weighted by atomic mass is 9.86. The molecule has 2 rings (SSSR count). The molecule has 114 valence electrons. The Labute approximate surface area is 129 Å². The standard InChI is InChI=1S/C14H24N2O2S2/c1-13(2,3)11(15)12(18)16-9-14(7-10(16)8-17)19-5-4-6-20-14/h8,10-11H,4-7,9,15H2,1-3H3/t10-,11?/m0/s1. The molecule has 0 aromatic carbocycles. The van der Waals surface area contributed by atoms with E-state index < -0.39 is 6.04 Å². The van der Waals surface area contributed by atoms with Gasteiger partial charge in [0.15, 0.2) is 0 Å². The second kappa shape index (κ2) is 5.89. The zero-order valence-corrected chi connectivity index (χ0v) is 14.1. The highest BCUT2D eigenvalue weighted by Gasteiger charge is 2.49. The summed E-state index contributed by atoms with van der Waals surface area (Å²) in [6.07, 6.45) is 2.88. The van der Waals surface area contributed by atoms with Gasteiger partial charge in [-0.15, -0.1) is 23.5 Å². The molecule has 2 heterocycles. The molecule has 1 spiro atoms. The van der Waals surface area contributed by atoms with Crippen LogP contribution in [0.4, 0.5) is 0 Å². The Balaban J connectivity index is 2.14. The van der Waals surface area contributed by atoms with Gasteiger partial charge in [-0.3, -0.25) is 4.79 Å². The SMILES string of the molecule is CC(C)(C)C(N)C(=O)N1CC2(C[C@H]1C=O)SCCCS2. The van der Waals surface area contributed by atoms with E-state index in [9.17, 15) is 9.59 Å². The van der Waals surface area contributed by atoms with Crippen molar-refractivity contribution in [2.24, 2.45) is 11.1 Å². The van der Waals surface area contributed by atoms with E-state index in [2.05, 4.69) is 0 Å². The van der Waals surface area contributed by atoms with Crippen LogP contribution in [-0.4, -0.2) is 51.3 Å². The molecule has 20 heavy (non-hydrogen) atoms. The summed E-state index contributed by atoms with van der Waals surface area (Å²) in [5, 5.41) is 0. The zero-order valence-electron chi connectivity index (χ0n) is 12.4. The van der Waals surface area contributed by atoms with Crippen molar-refractivity contribution in [3.05, 3.63) is 0 Å². The predicted molar refractivity (Wildman–Crippen MR) is 85.9 cm³/mol. The van der Waals surface area contributed by atoms with Gasteiger partial charge in [-0.25, -0.2) is 0 Å². The first-order chi connectivity index (χ1) is 9.29. The van der Waals surface area contributed by atoms with E-state index in [-0.39, 0.29) is 21.4 Å². The highest BCUT2D eigenvalue weighted by molar-refractivity contribution is 8.18. The van der Waals surface area contributed by atoms with Crippen LogP contribution in [0.5, 0.6) is 0 Å². The maximum absolute atomic E-state index is 12.6. The monoisotopic (exact) mass is 316 g/mol. The van der Waals surface area contributed by atoms with Crippen molar-refractivity contribution < 1.29 is 9.59 Å². The lowest BCUT2D eigenvalue weighted by molar-refractivity contribution is -0.137. The lowest BCUT2D eigenvalue weighted by Crippen LogP contribution is -2.52. The Bertz CT molecular complexity index is 389. The fourth-order valence-corrected chi connectivity index (χ4v) is 5.98. The maximum Gasteiger partial charge on any atom is 0.240 e. The minimum Gasteiger partial charge on any atom is -0.329 e. The summed E-state index contributed by atoms with van der Waals surface area (Å²) in [4.78, 5) is 25.7. The quantitative estimate of drug-likeness (QED) is 0.786. The van der Waals surface area contributed by atoms with Gasteiger partial charge in [0.1, 0.15) is 6.29 Å². The van der Waals surface area contributed by atoms with Gasteiger partial charge in [-0.2, -0.15) is 0 Å². The molecule has 0 bridgehead atoms. The molecule has 2 aliphatic heterocycles. The van der Waals surface area contributed by atoms with E-state index in [1.165, 1.54) is 6.42 Å². The smallest absolute Gasteiger partial charge is 0.240 e. The molecule has 0 aliphatic carbocycles. The van der Waals surface area contributed by atoms with Crippen LogP contribution in [0.2, 0.25) is 0 Å². The molecule has 2 aliphatic rings. The van der Waals surface area contributed by atoms with Crippen molar-refractivity contribution in [3.8, 4) is 0 Å². The predicted octanol–water partition coefficient (Wildman–Crippen LogP) is 1.73. The number of nitrogens with zero attached hydrogens (tertiary/aromatic N) is 1. The number of aldehydes is 1. The third kappa shape index (κ3) is 3.17. The average Bonchev–Trinajstić information content (AvgIpc) is 2.75. The largest absolute Gasteiger partial charge is 0.329 e. The van der Waals surface area contributed by atoms with E-state index in [0.717, 1.165) is 24.2 Å². The lowest BCUT2D eigenvalue weighted by Gasteiger charge is -2.34. The molecule has 2 N–H and O–H groups in total. The summed E-state index contributed by atoms with van der Waals surface area (Å²) >= 11 is 3.80. The van der Waals surface area contributed by atoms with Gasteiger partial charge in [-0.05, 0) is 23.3 Å². The fraction of sp³-hybridized carbons (Fsp3) is 0.857. The van der Waals surface area contributed by atoms with Crippen molar-refractivity contribution in [2.75, 3.05) is 18.1 Å². The van der Waals surface area contributed by atoms with E-state index >= 15 is 0 Å². The Morgan fingerprint density at radius 1 is 1.40 bits per heavy atom. The van der Waals surface area contributed by atoms with Crippen molar-refractivity contribution in [3.63, 3.8) is 0 Å². The Kier molecular flexibility index (Phi) is 4.76. The molecule has 0 saturated carbocycles. The summed E-state index contributed by atoms with van der Waals surface area (Å²) in [5.41, 5.74) is 5.80. The van der Waals surface area contributed by atoms with E-state index in [0.29, 0.717) is 6.54 Å². The Morgan fingerprint density at radius 2 is 2.00 bits per heavy atom. The van der Waals surface area contributed by atoms with Gasteiger partial charge in [0.25, 0.3) is 0 Å². The molecule has 2 atom stereocenters. The van der Waals surface area contributed by atoms with Crippen LogP contribution in [0, 0.1) is 5.41 Å². The summed E-state index contributed by atoms with van der Waals surface area (Å²) in [7, 11) is 0. The number of amides is 1. The van der Waals surface area contributed by atoms with Gasteiger partial charge in [0, 0.05) is 13.0 Å². The zero-order chi connectivity index (χ0) is 15.0. The van der Waals surface area contributed by atoms with Gasteiger partial charge in [0.2, 0.25) is 5.91 Å². The number of thioether (sulfide) groups is 2. The molecule has 2 fully saturated rings. The fourth-order valence-electron chi connectivity index (χ4n) is 2.61. The molecular formula is C14H24N2O2S2. The molecule has 4 nitrogen and oxygen atoms in total. The van der Waals surface area contributed by atoms with Gasteiger partial charge in [-0.1, -0.05) is 20.8 Å². The number of hydrogen-bond donors (Lipinski definition) is 1. The molecule has 1 amide bonds. The van der Waals surface area contributed by atoms with Gasteiger partial charge >= 0.3 is 0 Å². The average molecular weight is 316 g/mol. The third-order valence-electron chi connectivity index (χ3n) is 3.99. The number of hydrogen-bond acceptors (Lipinski definition) is 5. The molecule has 6 heteroatoms. The van der Waals surface area contributed by atoms with Crippen LogP contribution in [0.3, 0.4) is 0 Å². The first-order valence-electron chi connectivity index (χ1n) is 7.08. The van der Waals surface area contributed by atoms with E-state index in [4.69, 9.17) is 5.73 Å². The summed E-state index contributed by atoms with van der Waals surface area (Å²) in [6.45, 7) is 6.53. The number of nitrogens with two attached hydrogens (primary N) is 1. The van der Waals surface area contributed by atoms with Crippen LogP contribution in [0.25, 0.3) is 0 Å². The molecule has 1 unspecified atom stereocenters. The van der Waals surface area contributed by atoms with Crippen molar-refractivity contribution in [1.29, 1.82) is 0 Å². The summed E-state index contributed by atoms with van der Waals surface area (Å²) < 4.78 is 0.0110. The molecule has 0 aromatic heterocycles. The summed E-state index contributed by atoms with van der Waals surface area (Å²) in [5.74, 6) is 2.15. The number of carbonyl (C=O) groups is 2. The number of carbonyl (C=O) groups excluding carboxylic acids is 2. The highest BCUT2D eigenvalue weighted by Crippen LogP contribution is 2.50. The minimum atomic E-state index is -0.557. The molecule has 0 radical (unpaired) electrons. The Hall–Kier alpha value is -0.200.